The lowest BCUT2D eigenvalue weighted by Gasteiger charge is -2.39. The van der Waals surface area contributed by atoms with E-state index >= 15 is 0 Å². The molecule has 0 amide bonds. The molecule has 2 aromatic carbocycles. The van der Waals surface area contributed by atoms with E-state index < -0.39 is 11.9 Å². The van der Waals surface area contributed by atoms with E-state index in [9.17, 15) is 19.8 Å². The third-order valence-electron chi connectivity index (χ3n) is 6.92. The topological polar surface area (TPSA) is 74.6 Å². The van der Waals surface area contributed by atoms with Crippen molar-refractivity contribution in [1.29, 1.82) is 0 Å². The van der Waals surface area contributed by atoms with Crippen LogP contribution in [0, 0.1) is 5.92 Å². The van der Waals surface area contributed by atoms with Crippen molar-refractivity contribution >= 4 is 11.9 Å². The summed E-state index contributed by atoms with van der Waals surface area (Å²) in [5, 5.41) is 18.8. The zero-order valence-corrected chi connectivity index (χ0v) is 17.7. The van der Waals surface area contributed by atoms with Gasteiger partial charge in [0.15, 0.2) is 0 Å². The molecule has 0 fully saturated rings. The fourth-order valence-corrected chi connectivity index (χ4v) is 5.32. The molecule has 0 spiro atoms. The Bertz CT molecular complexity index is 926. The molecule has 4 heteroatoms. The molecule has 0 saturated carbocycles. The van der Waals surface area contributed by atoms with Crippen LogP contribution in [-0.2, 0) is 10.8 Å². The lowest BCUT2D eigenvalue weighted by molar-refractivity contribution is 0.0686. The van der Waals surface area contributed by atoms with E-state index in [0.29, 0.717) is 5.56 Å². The van der Waals surface area contributed by atoms with Crippen LogP contribution in [0.1, 0.15) is 90.8 Å². The largest absolute Gasteiger partial charge is 0.478 e. The van der Waals surface area contributed by atoms with Crippen LogP contribution in [0.3, 0.4) is 0 Å². The highest BCUT2D eigenvalue weighted by Gasteiger charge is 2.53. The molecule has 2 aromatic rings. The maximum atomic E-state index is 11.6. The van der Waals surface area contributed by atoms with Crippen molar-refractivity contribution in [1.82, 2.24) is 0 Å². The SMILES string of the molecule is CCCCCC1C(C)(C)c2cc(C(=O)O)ccc2C1(C)c1ccc(C(=O)O)cc1. The van der Waals surface area contributed by atoms with Gasteiger partial charge in [-0.15, -0.1) is 0 Å². The Labute approximate surface area is 172 Å². The first-order valence-corrected chi connectivity index (χ1v) is 10.4. The standard InChI is InChI=1S/C25H30O4/c1-5-6-7-8-21-24(2,3)20-15-17(23(28)29)11-14-19(20)25(21,4)18-12-9-16(10-13-18)22(26)27/h9-15,21H,5-8H2,1-4H3,(H,26,27)(H,28,29). The average molecular weight is 395 g/mol. The van der Waals surface area contributed by atoms with E-state index in [0.717, 1.165) is 42.4 Å². The summed E-state index contributed by atoms with van der Waals surface area (Å²) in [4.78, 5) is 22.9. The number of carboxylic acids is 2. The molecule has 0 radical (unpaired) electrons. The zero-order valence-electron chi connectivity index (χ0n) is 17.7. The minimum atomic E-state index is -0.931. The number of aromatic carboxylic acids is 2. The molecular formula is C25H30O4. The van der Waals surface area contributed by atoms with E-state index in [1.807, 2.05) is 24.3 Å². The normalized spacial score (nSPS) is 22.3. The number of hydrogen-bond acceptors (Lipinski definition) is 2. The lowest BCUT2D eigenvalue weighted by Crippen LogP contribution is -2.36. The van der Waals surface area contributed by atoms with Crippen LogP contribution in [0.2, 0.25) is 0 Å². The van der Waals surface area contributed by atoms with Gasteiger partial charge in [0.1, 0.15) is 0 Å². The molecule has 4 nitrogen and oxygen atoms in total. The van der Waals surface area contributed by atoms with Gasteiger partial charge in [0.25, 0.3) is 0 Å². The second kappa shape index (κ2) is 7.66. The van der Waals surface area contributed by atoms with Crippen molar-refractivity contribution in [3.05, 3.63) is 70.3 Å². The third-order valence-corrected chi connectivity index (χ3v) is 6.92. The Kier molecular flexibility index (Phi) is 5.57. The van der Waals surface area contributed by atoms with Crippen LogP contribution in [0.15, 0.2) is 42.5 Å². The van der Waals surface area contributed by atoms with Crippen LogP contribution in [0.5, 0.6) is 0 Å². The van der Waals surface area contributed by atoms with E-state index in [-0.39, 0.29) is 22.3 Å². The predicted octanol–water partition coefficient (Wildman–Crippen LogP) is 5.88. The minimum absolute atomic E-state index is 0.186. The molecule has 0 aromatic heterocycles. The van der Waals surface area contributed by atoms with E-state index in [1.54, 1.807) is 18.2 Å². The summed E-state index contributed by atoms with van der Waals surface area (Å²) in [6.07, 6.45) is 4.47. The predicted molar refractivity (Wildman–Crippen MR) is 114 cm³/mol. The number of fused-ring (bicyclic) bond motifs is 1. The maximum Gasteiger partial charge on any atom is 0.335 e. The van der Waals surface area contributed by atoms with Crippen molar-refractivity contribution in [2.24, 2.45) is 5.92 Å². The molecule has 1 aliphatic rings. The maximum absolute atomic E-state index is 11.6. The molecule has 3 rings (SSSR count). The second-order valence-corrected chi connectivity index (χ2v) is 8.92. The molecule has 29 heavy (non-hydrogen) atoms. The second-order valence-electron chi connectivity index (χ2n) is 8.92. The Morgan fingerprint density at radius 3 is 2.00 bits per heavy atom. The van der Waals surface area contributed by atoms with Gasteiger partial charge in [-0.05, 0) is 58.7 Å². The Morgan fingerprint density at radius 2 is 1.45 bits per heavy atom. The molecule has 2 atom stereocenters. The average Bonchev–Trinajstić information content (AvgIpc) is 2.86. The van der Waals surface area contributed by atoms with Crippen molar-refractivity contribution in [2.75, 3.05) is 0 Å². The summed E-state index contributed by atoms with van der Waals surface area (Å²) < 4.78 is 0. The highest BCUT2D eigenvalue weighted by atomic mass is 16.4. The number of benzene rings is 2. The van der Waals surface area contributed by atoms with Crippen molar-refractivity contribution in [3.63, 3.8) is 0 Å². The molecule has 1 aliphatic carbocycles. The number of rotatable bonds is 7. The first-order valence-electron chi connectivity index (χ1n) is 10.4. The summed E-state index contributed by atoms with van der Waals surface area (Å²) >= 11 is 0. The van der Waals surface area contributed by atoms with Gasteiger partial charge in [0.2, 0.25) is 0 Å². The van der Waals surface area contributed by atoms with Crippen LogP contribution in [0.25, 0.3) is 0 Å². The fraction of sp³-hybridized carbons (Fsp3) is 0.440. The summed E-state index contributed by atoms with van der Waals surface area (Å²) in [6.45, 7) is 8.85. The molecule has 2 unspecified atom stereocenters. The van der Waals surface area contributed by atoms with Gasteiger partial charge in [0, 0.05) is 5.41 Å². The van der Waals surface area contributed by atoms with E-state index in [1.165, 1.54) is 0 Å². The quantitative estimate of drug-likeness (QED) is 0.575. The molecule has 0 bridgehead atoms. The first-order chi connectivity index (χ1) is 13.6. The van der Waals surface area contributed by atoms with Gasteiger partial charge < -0.3 is 10.2 Å². The lowest BCUT2D eigenvalue weighted by atomic mass is 9.64. The number of carbonyl (C=O) groups is 2. The molecule has 0 heterocycles. The number of carboxylic acid groups (broad SMARTS) is 2. The molecular weight excluding hydrogens is 364 g/mol. The third kappa shape index (κ3) is 3.45. The summed E-state index contributed by atoms with van der Waals surface area (Å²) in [6, 6.07) is 12.7. The van der Waals surface area contributed by atoms with Crippen molar-refractivity contribution < 1.29 is 19.8 Å². The summed E-state index contributed by atoms with van der Waals surface area (Å²) in [5.41, 5.74) is 3.42. The molecule has 0 saturated heterocycles. The Balaban J connectivity index is 2.17. The number of hydrogen-bond donors (Lipinski definition) is 2. The van der Waals surface area contributed by atoms with Gasteiger partial charge in [-0.25, -0.2) is 9.59 Å². The van der Waals surface area contributed by atoms with Crippen LogP contribution >= 0.6 is 0 Å². The first kappa shape index (κ1) is 21.1. The Hall–Kier alpha value is -2.62. The van der Waals surface area contributed by atoms with Gasteiger partial charge in [-0.3, -0.25) is 0 Å². The molecule has 2 N–H and O–H groups in total. The van der Waals surface area contributed by atoms with Crippen LogP contribution in [0.4, 0.5) is 0 Å². The number of unbranched alkanes of at least 4 members (excludes halogenated alkanes) is 2. The van der Waals surface area contributed by atoms with Gasteiger partial charge in [-0.1, -0.05) is 65.2 Å². The van der Waals surface area contributed by atoms with Gasteiger partial charge >= 0.3 is 11.9 Å². The summed E-state index contributed by atoms with van der Waals surface area (Å²) in [7, 11) is 0. The Morgan fingerprint density at radius 1 is 0.862 bits per heavy atom. The highest BCUT2D eigenvalue weighted by Crippen LogP contribution is 2.58. The van der Waals surface area contributed by atoms with Crippen molar-refractivity contribution in [3.8, 4) is 0 Å². The zero-order chi connectivity index (χ0) is 21.4. The van der Waals surface area contributed by atoms with E-state index in [2.05, 4.69) is 27.7 Å². The van der Waals surface area contributed by atoms with E-state index in [4.69, 9.17) is 0 Å². The van der Waals surface area contributed by atoms with Gasteiger partial charge in [-0.2, -0.15) is 0 Å². The summed E-state index contributed by atoms with van der Waals surface area (Å²) in [5.74, 6) is -1.55. The smallest absolute Gasteiger partial charge is 0.335 e. The fourth-order valence-electron chi connectivity index (χ4n) is 5.32. The minimum Gasteiger partial charge on any atom is -0.478 e. The van der Waals surface area contributed by atoms with Crippen molar-refractivity contribution in [2.45, 2.75) is 64.2 Å². The monoisotopic (exact) mass is 394 g/mol. The van der Waals surface area contributed by atoms with Gasteiger partial charge in [0.05, 0.1) is 11.1 Å². The van der Waals surface area contributed by atoms with Crippen LogP contribution in [-0.4, -0.2) is 22.2 Å². The molecule has 0 aliphatic heterocycles. The highest BCUT2D eigenvalue weighted by molar-refractivity contribution is 5.88. The molecule has 154 valence electrons. The van der Waals surface area contributed by atoms with Crippen LogP contribution < -0.4 is 0 Å².